The van der Waals surface area contributed by atoms with Gasteiger partial charge in [-0.05, 0) is 178 Å². The number of nitrogens with two attached hydrogens (primary N) is 1. The Morgan fingerprint density at radius 2 is 0.983 bits per heavy atom. The zero-order valence-electron chi connectivity index (χ0n) is 69.5. The highest BCUT2D eigenvalue weighted by Gasteiger charge is 2.50. The summed E-state index contributed by atoms with van der Waals surface area (Å²) in [5.41, 5.74) is 8.20. The highest BCUT2D eigenvalue weighted by molar-refractivity contribution is 6.74. The number of nitrogens with zero attached hydrogens (tertiary/aromatic N) is 14. The number of halogens is 1. The molecule has 36 heteroatoms. The second-order valence-corrected chi connectivity index (χ2v) is 45.0. The SMILES string of the molecule is CN(C(=O)OC(C)(C)C)c1cc(Cl)nc2c(C(=O)CC3C[C@@H]3O[Si](C)(C)C(C)(C)C)cnn12.CN(C(=O)OC(C)(C)C)c1cc(Nc2cccnc2OC2CC2)nc2c(C(=O)NC3C[C@@H]3O[Si](C)(C)C(C)(C)C)cnn12.CNc1cc(Nc2cccnc2OC2CC2)nc2c(C(=O)NC3C[C@@H]3O)cnn12.Nc1cccnc1OC1CC1. The monoisotopic (exact) mass is 1650 g/mol. The molecule has 8 N–H and O–H groups in total. The van der Waals surface area contributed by atoms with Crippen LogP contribution in [-0.2, 0) is 18.3 Å². The largest absolute Gasteiger partial charge is 0.473 e. The van der Waals surface area contributed by atoms with Crippen molar-refractivity contribution >= 4 is 121 Å². The number of nitrogens with one attached hydrogen (secondary N) is 5. The molecule has 6 fully saturated rings. The second kappa shape index (κ2) is 33.7. The number of carbonyl (C=O) groups excluding carboxylic acids is 5. The number of ether oxygens (including phenoxy) is 5. The van der Waals surface area contributed by atoms with Gasteiger partial charge in [0.1, 0.15) is 86.3 Å². The first-order chi connectivity index (χ1) is 54.5. The fourth-order valence-electron chi connectivity index (χ4n) is 11.3. The number of fused-ring (bicyclic) bond motifs is 3. The fourth-order valence-corrected chi connectivity index (χ4v) is 14.2. The van der Waals surface area contributed by atoms with Crippen molar-refractivity contribution in [3.8, 4) is 17.6 Å². The van der Waals surface area contributed by atoms with Gasteiger partial charge in [-0.1, -0.05) is 53.1 Å². The van der Waals surface area contributed by atoms with E-state index in [0.29, 0.717) is 105 Å². The number of anilines is 8. The van der Waals surface area contributed by atoms with E-state index in [1.807, 2.05) is 18.2 Å². The van der Waals surface area contributed by atoms with Gasteiger partial charge in [-0.25, -0.2) is 39.5 Å². The summed E-state index contributed by atoms with van der Waals surface area (Å²) in [4.78, 5) is 93.8. The van der Waals surface area contributed by atoms with Crippen LogP contribution in [-0.4, -0.2) is 191 Å². The number of hydrogen-bond donors (Lipinski definition) is 7. The van der Waals surface area contributed by atoms with Crippen LogP contribution in [0.1, 0.15) is 178 Å². The molecule has 0 radical (unpaired) electrons. The minimum Gasteiger partial charge on any atom is -0.473 e. The number of aliphatic hydroxyl groups is 1. The lowest BCUT2D eigenvalue weighted by Crippen LogP contribution is -2.42. The molecule has 9 heterocycles. The molecule has 9 aromatic heterocycles. The summed E-state index contributed by atoms with van der Waals surface area (Å²) in [5, 5.41) is 38.3. The molecule has 15 rings (SSSR count). The van der Waals surface area contributed by atoms with E-state index in [4.69, 9.17) is 54.9 Å². The van der Waals surface area contributed by atoms with E-state index in [-0.39, 0.29) is 86.5 Å². The first kappa shape index (κ1) is 85.0. The summed E-state index contributed by atoms with van der Waals surface area (Å²) >= 11 is 6.24. The Hall–Kier alpha value is -10.3. The van der Waals surface area contributed by atoms with Crippen LogP contribution in [0.4, 0.5) is 55.7 Å². The molecule has 9 aromatic rings. The summed E-state index contributed by atoms with van der Waals surface area (Å²) < 4.78 is 45.7. The molecule has 6 atom stereocenters. The Morgan fingerprint density at radius 3 is 1.45 bits per heavy atom. The highest BCUT2D eigenvalue weighted by Crippen LogP contribution is 2.47. The van der Waals surface area contributed by atoms with Gasteiger partial charge in [0.25, 0.3) is 11.8 Å². The van der Waals surface area contributed by atoms with Crippen LogP contribution >= 0.6 is 11.6 Å². The maximum atomic E-state index is 13.5. The van der Waals surface area contributed by atoms with Crippen molar-refractivity contribution in [1.82, 2.24) is 69.4 Å². The van der Waals surface area contributed by atoms with E-state index < -0.39 is 46.1 Å². The van der Waals surface area contributed by atoms with Gasteiger partial charge in [0.05, 0.1) is 54.1 Å². The van der Waals surface area contributed by atoms with Crippen molar-refractivity contribution < 1.29 is 61.6 Å². The smallest absolute Gasteiger partial charge is 0.415 e. The second-order valence-electron chi connectivity index (χ2n) is 35.1. The van der Waals surface area contributed by atoms with E-state index in [0.717, 1.165) is 51.4 Å². The molecule has 6 aliphatic carbocycles. The van der Waals surface area contributed by atoms with E-state index in [9.17, 15) is 29.1 Å². The quantitative estimate of drug-likeness (QED) is 0.0168. The number of carbonyl (C=O) groups is 5. The first-order valence-electron chi connectivity index (χ1n) is 39.3. The van der Waals surface area contributed by atoms with Gasteiger partial charge in [0.2, 0.25) is 17.6 Å². The summed E-state index contributed by atoms with van der Waals surface area (Å²) in [6, 6.07) is 15.6. The number of aliphatic hydroxyl groups excluding tert-OH is 1. The van der Waals surface area contributed by atoms with E-state index in [1.54, 1.807) is 116 Å². The lowest BCUT2D eigenvalue weighted by molar-refractivity contribution is 0.0577. The van der Waals surface area contributed by atoms with Crippen molar-refractivity contribution in [2.45, 2.75) is 243 Å². The summed E-state index contributed by atoms with van der Waals surface area (Å²) in [6.07, 6.45) is 17.6. The lowest BCUT2D eigenvalue weighted by atomic mass is 10.1. The Morgan fingerprint density at radius 1 is 0.560 bits per heavy atom. The molecule has 4 amide bonds. The highest BCUT2D eigenvalue weighted by atomic mass is 35.5. The number of pyridine rings is 3. The van der Waals surface area contributed by atoms with Gasteiger partial charge in [-0.3, -0.25) is 24.2 Å². The third-order valence-corrected chi connectivity index (χ3v) is 29.8. The van der Waals surface area contributed by atoms with Crippen molar-refractivity contribution in [3.63, 3.8) is 0 Å². The van der Waals surface area contributed by atoms with Crippen LogP contribution in [0.25, 0.3) is 16.9 Å². The van der Waals surface area contributed by atoms with Gasteiger partial charge in [-0.15, -0.1) is 0 Å². The number of nitrogen functional groups attached to an aromatic ring is 1. The van der Waals surface area contributed by atoms with Crippen LogP contribution in [0.5, 0.6) is 17.6 Å². The van der Waals surface area contributed by atoms with Crippen molar-refractivity contribution in [2.75, 3.05) is 52.6 Å². The third kappa shape index (κ3) is 21.6. The maximum Gasteiger partial charge on any atom is 0.415 e. The predicted molar refractivity (Wildman–Crippen MR) is 446 cm³/mol. The third-order valence-electron chi connectivity index (χ3n) is 20.6. The Bertz CT molecular complexity index is 5100. The van der Waals surface area contributed by atoms with Crippen molar-refractivity contribution in [2.24, 2.45) is 5.92 Å². The number of rotatable bonds is 24. The van der Waals surface area contributed by atoms with Crippen LogP contribution in [0.15, 0.2) is 91.8 Å². The lowest BCUT2D eigenvalue weighted by Gasteiger charge is -2.36. The first-order valence-corrected chi connectivity index (χ1v) is 45.5. The molecular weight excluding hydrogens is 1540 g/mol. The van der Waals surface area contributed by atoms with Gasteiger partial charge in [0.15, 0.2) is 39.4 Å². The molecule has 0 saturated heterocycles. The molecule has 6 saturated carbocycles. The molecule has 3 unspecified atom stereocenters. The number of hydrogen-bond acceptors (Lipinski definition) is 26. The maximum absolute atomic E-state index is 13.5. The van der Waals surface area contributed by atoms with E-state index in [1.165, 1.54) is 43.5 Å². The Balaban J connectivity index is 0.000000152. The minimum atomic E-state index is -1.97. The number of ketones is 1. The molecule has 0 bridgehead atoms. The van der Waals surface area contributed by atoms with E-state index in [2.05, 4.69) is 135 Å². The molecule has 33 nitrogen and oxygen atoms in total. The fraction of sp³-hybridized carbons (Fsp3) is 0.525. The Kier molecular flexibility index (Phi) is 24.7. The summed E-state index contributed by atoms with van der Waals surface area (Å²) in [5.74, 6) is 3.38. The van der Waals surface area contributed by atoms with Crippen LogP contribution in [0, 0.1) is 5.92 Å². The number of amides is 4. The van der Waals surface area contributed by atoms with Crippen molar-refractivity contribution in [1.29, 1.82) is 0 Å². The number of aromatic nitrogens is 12. The summed E-state index contributed by atoms with van der Waals surface area (Å²) in [7, 11) is 1.09. The molecule has 116 heavy (non-hydrogen) atoms. The molecule has 0 aliphatic heterocycles. The van der Waals surface area contributed by atoms with Crippen LogP contribution in [0.2, 0.25) is 41.4 Å². The minimum absolute atomic E-state index is 0.0128. The van der Waals surface area contributed by atoms with Gasteiger partial charge < -0.3 is 70.0 Å². The predicted octanol–water partition coefficient (Wildman–Crippen LogP) is 13.9. The van der Waals surface area contributed by atoms with Crippen LogP contribution < -0.4 is 56.3 Å². The Labute approximate surface area is 681 Å². The normalized spacial score (nSPS) is 19.0. The van der Waals surface area contributed by atoms with Gasteiger partial charge >= 0.3 is 12.2 Å². The number of Topliss-reactive ketones (excluding diaryl/α,β-unsaturated/α-hetero) is 1. The van der Waals surface area contributed by atoms with E-state index >= 15 is 0 Å². The molecule has 622 valence electrons. The zero-order valence-corrected chi connectivity index (χ0v) is 72.2. The molecule has 0 spiro atoms. The topological polar surface area (TPSA) is 392 Å². The average Bonchev–Trinajstić information content (AvgIpc) is 1.63. The summed E-state index contributed by atoms with van der Waals surface area (Å²) in [6.45, 7) is 32.9. The average molecular weight is 1650 g/mol. The standard InChI is InChI=1S/C30H43N7O5Si.C23H35ClN4O4Si.C19H21N7O3.C8H10N2O/c1-29(2,3)41-28(39)36(7)24-16-23(33-20-11-10-14-31-27(20)40-18-12-13-18)35-25-19(17-32-37(24)25)26(38)34-21-15-22(21)42-43(8,9)30(4,5)6;1-22(2,3)31-21(30)27(7)19-12-18(24)26-20-15(13-25-28(19)20)16(29)10-14-11-17(14)32-33(8,9)23(4,5)6;1-20-16-8-15(23-12-3-2-6-21-19(12)29-10-4-5-10)25-17-11(9-22-26(16)17)18(28)24-13-7-14(13)27;9-7-2-1-5-10-8(7)11-6-3-4-6/h10-11,14,16-18,21-22H,12-13,15H2,1-9H3,(H,33,35)(H,34,38);12-14,17H,10-11H2,1-9H3;2-3,6,8-10,13-14,20,27H,4-5,7H2,1H3,(H,23,25)(H,24,28);1-2,5-6H,3-4,9H2/t21?,22-;14?,17-;13?,14-;/m000./s1. The van der Waals surface area contributed by atoms with Gasteiger partial charge in [-0.2, -0.15) is 28.8 Å². The molecule has 6 aliphatic rings. The molecule has 0 aromatic carbocycles. The molecular formula is C80H109ClN20O13Si2. The van der Waals surface area contributed by atoms with Crippen LogP contribution in [0.3, 0.4) is 0 Å². The van der Waals surface area contributed by atoms with Gasteiger partial charge in [0, 0.05) is 70.5 Å². The zero-order chi connectivity index (χ0) is 83.9. The van der Waals surface area contributed by atoms with Crippen molar-refractivity contribution in [3.05, 3.63) is 114 Å².